The molecule has 1 aromatic heterocycles. The van der Waals surface area contributed by atoms with Gasteiger partial charge < -0.3 is 24.8 Å². The van der Waals surface area contributed by atoms with Gasteiger partial charge in [-0.2, -0.15) is 5.10 Å². The van der Waals surface area contributed by atoms with Gasteiger partial charge in [0.15, 0.2) is 17.6 Å². The van der Waals surface area contributed by atoms with Gasteiger partial charge in [-0.1, -0.05) is 0 Å². The SMILES string of the molecule is Cc1nn(C)c(C)c1NC(=O)[C@@H](C)OC(=O)CNC(=O)c1ccc2c(c1)OCO2. The smallest absolute Gasteiger partial charge is 0.326 e. The molecule has 0 radical (unpaired) electrons. The second-order valence-corrected chi connectivity index (χ2v) is 6.54. The van der Waals surface area contributed by atoms with Crippen LogP contribution in [-0.2, 0) is 21.4 Å². The molecule has 29 heavy (non-hydrogen) atoms. The van der Waals surface area contributed by atoms with E-state index in [1.54, 1.807) is 30.8 Å². The number of esters is 1. The van der Waals surface area contributed by atoms with E-state index in [2.05, 4.69) is 15.7 Å². The number of rotatable bonds is 6. The van der Waals surface area contributed by atoms with Crippen molar-refractivity contribution in [3.05, 3.63) is 35.2 Å². The molecule has 2 heterocycles. The summed E-state index contributed by atoms with van der Waals surface area (Å²) >= 11 is 0. The van der Waals surface area contributed by atoms with Crippen LogP contribution in [0.15, 0.2) is 18.2 Å². The van der Waals surface area contributed by atoms with Crippen LogP contribution in [0.1, 0.15) is 28.7 Å². The number of anilines is 1. The van der Waals surface area contributed by atoms with Gasteiger partial charge in [0.1, 0.15) is 6.54 Å². The molecule has 154 valence electrons. The van der Waals surface area contributed by atoms with Crippen molar-refractivity contribution in [2.45, 2.75) is 26.9 Å². The molecule has 10 heteroatoms. The number of ether oxygens (including phenoxy) is 3. The maximum Gasteiger partial charge on any atom is 0.326 e. The van der Waals surface area contributed by atoms with Gasteiger partial charge in [0.2, 0.25) is 6.79 Å². The van der Waals surface area contributed by atoms with Crippen molar-refractivity contribution in [2.75, 3.05) is 18.7 Å². The molecular formula is C19H22N4O6. The molecule has 0 unspecified atom stereocenters. The van der Waals surface area contributed by atoms with E-state index in [9.17, 15) is 14.4 Å². The van der Waals surface area contributed by atoms with Crippen LogP contribution in [0.3, 0.4) is 0 Å². The fourth-order valence-electron chi connectivity index (χ4n) is 2.76. The molecule has 3 rings (SSSR count). The molecule has 0 saturated heterocycles. The predicted octanol–water partition coefficient (Wildman–Crippen LogP) is 1.07. The molecule has 2 amide bonds. The molecule has 10 nitrogen and oxygen atoms in total. The molecule has 1 aromatic carbocycles. The Labute approximate surface area is 167 Å². The molecule has 1 atom stereocenters. The lowest BCUT2D eigenvalue weighted by atomic mass is 10.2. The molecular weight excluding hydrogens is 380 g/mol. The van der Waals surface area contributed by atoms with Gasteiger partial charge in [0, 0.05) is 12.6 Å². The molecule has 2 N–H and O–H groups in total. The summed E-state index contributed by atoms with van der Waals surface area (Å²) in [4.78, 5) is 36.5. The highest BCUT2D eigenvalue weighted by molar-refractivity contribution is 5.98. The maximum atomic E-state index is 12.3. The van der Waals surface area contributed by atoms with Crippen LogP contribution in [0, 0.1) is 13.8 Å². The summed E-state index contributed by atoms with van der Waals surface area (Å²) in [6.45, 7) is 4.76. The number of nitrogens with zero attached hydrogens (tertiary/aromatic N) is 2. The van der Waals surface area contributed by atoms with Crippen molar-refractivity contribution in [3.8, 4) is 11.5 Å². The molecule has 0 aliphatic carbocycles. The Bertz CT molecular complexity index is 968. The van der Waals surface area contributed by atoms with Crippen molar-refractivity contribution >= 4 is 23.5 Å². The summed E-state index contributed by atoms with van der Waals surface area (Å²) in [5.41, 5.74) is 2.34. The lowest BCUT2D eigenvalue weighted by Gasteiger charge is -2.14. The van der Waals surface area contributed by atoms with Gasteiger partial charge >= 0.3 is 5.97 Å². The first-order valence-electron chi connectivity index (χ1n) is 8.94. The third-order valence-electron chi connectivity index (χ3n) is 4.46. The van der Waals surface area contributed by atoms with Crippen molar-refractivity contribution in [2.24, 2.45) is 7.05 Å². The number of aryl methyl sites for hydroxylation is 2. The van der Waals surface area contributed by atoms with E-state index in [-0.39, 0.29) is 13.3 Å². The fourth-order valence-corrected chi connectivity index (χ4v) is 2.76. The normalized spacial score (nSPS) is 13.0. The largest absolute Gasteiger partial charge is 0.454 e. The number of aromatic nitrogens is 2. The van der Waals surface area contributed by atoms with Gasteiger partial charge in [0.05, 0.1) is 17.1 Å². The number of carbonyl (C=O) groups is 3. The number of nitrogens with one attached hydrogen (secondary N) is 2. The molecule has 0 fully saturated rings. The average Bonchev–Trinajstić information content (AvgIpc) is 3.25. The van der Waals surface area contributed by atoms with E-state index >= 15 is 0 Å². The minimum atomic E-state index is -1.04. The second kappa shape index (κ2) is 8.21. The van der Waals surface area contributed by atoms with Crippen LogP contribution in [0.2, 0.25) is 0 Å². The highest BCUT2D eigenvalue weighted by atomic mass is 16.7. The average molecular weight is 402 g/mol. The lowest BCUT2D eigenvalue weighted by molar-refractivity contribution is -0.152. The highest BCUT2D eigenvalue weighted by Gasteiger charge is 2.22. The third-order valence-corrected chi connectivity index (χ3v) is 4.46. The summed E-state index contributed by atoms with van der Waals surface area (Å²) in [6.07, 6.45) is -1.04. The van der Waals surface area contributed by atoms with Crippen LogP contribution in [0.5, 0.6) is 11.5 Å². The Morgan fingerprint density at radius 1 is 1.24 bits per heavy atom. The van der Waals surface area contributed by atoms with Crippen molar-refractivity contribution in [1.82, 2.24) is 15.1 Å². The summed E-state index contributed by atoms with van der Waals surface area (Å²) < 4.78 is 17.1. The number of benzene rings is 1. The zero-order chi connectivity index (χ0) is 21.1. The quantitative estimate of drug-likeness (QED) is 0.693. The lowest BCUT2D eigenvalue weighted by Crippen LogP contribution is -2.36. The van der Waals surface area contributed by atoms with E-state index in [0.29, 0.717) is 28.4 Å². The Morgan fingerprint density at radius 2 is 1.97 bits per heavy atom. The molecule has 0 spiro atoms. The molecule has 0 saturated carbocycles. The van der Waals surface area contributed by atoms with Crippen LogP contribution >= 0.6 is 0 Å². The van der Waals surface area contributed by atoms with Gasteiger partial charge in [0.25, 0.3) is 11.8 Å². The van der Waals surface area contributed by atoms with E-state index in [1.807, 2.05) is 6.92 Å². The van der Waals surface area contributed by atoms with E-state index in [4.69, 9.17) is 14.2 Å². The Balaban J connectivity index is 1.49. The number of hydrogen-bond acceptors (Lipinski definition) is 7. The fraction of sp³-hybridized carbons (Fsp3) is 0.368. The zero-order valence-electron chi connectivity index (χ0n) is 16.6. The third kappa shape index (κ3) is 4.48. The number of amides is 2. The first-order chi connectivity index (χ1) is 13.8. The summed E-state index contributed by atoms with van der Waals surface area (Å²) in [7, 11) is 1.77. The molecule has 0 bridgehead atoms. The van der Waals surface area contributed by atoms with Gasteiger partial charge in [-0.05, 0) is 39.0 Å². The van der Waals surface area contributed by atoms with Gasteiger partial charge in [-0.15, -0.1) is 0 Å². The molecule has 1 aliphatic rings. The summed E-state index contributed by atoms with van der Waals surface area (Å²) in [5, 5.41) is 9.37. The molecule has 1 aliphatic heterocycles. The Morgan fingerprint density at radius 3 is 2.66 bits per heavy atom. The minimum absolute atomic E-state index is 0.102. The standard InChI is InChI=1S/C19H22N4O6/c1-10-17(11(2)23(4)22-10)21-18(25)12(3)29-16(24)8-20-19(26)13-5-6-14-15(7-13)28-9-27-14/h5-7,12H,8-9H2,1-4H3,(H,20,26)(H,21,25)/t12-/m1/s1. The Hall–Kier alpha value is -3.56. The van der Waals surface area contributed by atoms with Gasteiger partial charge in [-0.25, -0.2) is 0 Å². The Kier molecular flexibility index (Phi) is 5.71. The van der Waals surface area contributed by atoms with Crippen molar-refractivity contribution in [3.63, 3.8) is 0 Å². The number of fused-ring (bicyclic) bond motifs is 1. The maximum absolute atomic E-state index is 12.3. The topological polar surface area (TPSA) is 121 Å². The number of carbonyl (C=O) groups excluding carboxylic acids is 3. The van der Waals surface area contributed by atoms with E-state index in [0.717, 1.165) is 5.69 Å². The van der Waals surface area contributed by atoms with Crippen molar-refractivity contribution < 1.29 is 28.6 Å². The van der Waals surface area contributed by atoms with Gasteiger partial charge in [-0.3, -0.25) is 19.1 Å². The first-order valence-corrected chi connectivity index (χ1v) is 8.94. The summed E-state index contributed by atoms with van der Waals surface area (Å²) in [6, 6.07) is 4.70. The zero-order valence-corrected chi connectivity index (χ0v) is 16.6. The van der Waals surface area contributed by atoms with E-state index in [1.165, 1.54) is 13.0 Å². The number of hydrogen-bond donors (Lipinski definition) is 2. The van der Waals surface area contributed by atoms with E-state index < -0.39 is 23.9 Å². The predicted molar refractivity (Wildman–Crippen MR) is 102 cm³/mol. The van der Waals surface area contributed by atoms with Crippen LogP contribution in [0.25, 0.3) is 0 Å². The highest BCUT2D eigenvalue weighted by Crippen LogP contribution is 2.32. The second-order valence-electron chi connectivity index (χ2n) is 6.54. The van der Waals surface area contributed by atoms with Crippen molar-refractivity contribution in [1.29, 1.82) is 0 Å². The minimum Gasteiger partial charge on any atom is -0.454 e. The summed E-state index contributed by atoms with van der Waals surface area (Å²) in [5.74, 6) is -0.675. The molecule has 2 aromatic rings. The van der Waals surface area contributed by atoms with Crippen LogP contribution in [-0.4, -0.2) is 47.0 Å². The van der Waals surface area contributed by atoms with Crippen LogP contribution < -0.4 is 20.1 Å². The monoisotopic (exact) mass is 402 g/mol. The van der Waals surface area contributed by atoms with Crippen LogP contribution in [0.4, 0.5) is 5.69 Å². The first kappa shape index (κ1) is 20.2.